The Bertz CT molecular complexity index is 710. The summed E-state index contributed by atoms with van der Waals surface area (Å²) in [6, 6.07) is 2.91. The average molecular weight is 387 g/mol. The van der Waals surface area contributed by atoms with Crippen LogP contribution >= 0.6 is 23.2 Å². The van der Waals surface area contributed by atoms with Crippen LogP contribution in [0.2, 0.25) is 10.0 Å². The van der Waals surface area contributed by atoms with Crippen LogP contribution in [0.25, 0.3) is 0 Å². The number of carbonyl (C=O) groups excluding carboxylic acids is 2. The van der Waals surface area contributed by atoms with Gasteiger partial charge in [-0.1, -0.05) is 23.2 Å². The summed E-state index contributed by atoms with van der Waals surface area (Å²) in [5.74, 6) is -0.425. The molecule has 3 rings (SSSR count). The van der Waals surface area contributed by atoms with Crippen LogP contribution in [0.3, 0.4) is 0 Å². The van der Waals surface area contributed by atoms with Crippen LogP contribution < -0.4 is 0 Å². The van der Waals surface area contributed by atoms with E-state index in [-0.39, 0.29) is 42.5 Å². The topological polar surface area (TPSA) is 81.1 Å². The number of nitrogens with zero attached hydrogens (tertiary/aromatic N) is 2. The van der Waals surface area contributed by atoms with Gasteiger partial charge >= 0.3 is 0 Å². The minimum absolute atomic E-state index is 0.00430. The van der Waals surface area contributed by atoms with E-state index in [1.165, 1.54) is 17.0 Å². The number of aromatic hydroxyl groups is 1. The van der Waals surface area contributed by atoms with E-state index in [9.17, 15) is 19.8 Å². The van der Waals surface area contributed by atoms with Gasteiger partial charge in [0.15, 0.2) is 0 Å². The van der Waals surface area contributed by atoms with E-state index in [1.807, 2.05) is 0 Å². The molecule has 0 radical (unpaired) electrons. The Morgan fingerprint density at radius 2 is 2.08 bits per heavy atom. The molecule has 1 aromatic carbocycles. The predicted molar refractivity (Wildman–Crippen MR) is 93.9 cm³/mol. The summed E-state index contributed by atoms with van der Waals surface area (Å²) in [6.45, 7) is 2.43. The van der Waals surface area contributed by atoms with Crippen molar-refractivity contribution in [2.75, 3.05) is 19.6 Å². The van der Waals surface area contributed by atoms with Crippen LogP contribution in [0.5, 0.6) is 5.75 Å². The molecule has 6 nitrogen and oxygen atoms in total. The highest BCUT2D eigenvalue weighted by molar-refractivity contribution is 6.42. The predicted octanol–water partition coefficient (Wildman–Crippen LogP) is 2.00. The first kappa shape index (κ1) is 18.3. The number of piperazine rings is 1. The van der Waals surface area contributed by atoms with Gasteiger partial charge < -0.3 is 20.0 Å². The van der Waals surface area contributed by atoms with Crippen molar-refractivity contribution in [3.63, 3.8) is 0 Å². The van der Waals surface area contributed by atoms with Crippen molar-refractivity contribution >= 4 is 35.0 Å². The third-order valence-electron chi connectivity index (χ3n) is 4.83. The minimum Gasteiger partial charge on any atom is -0.508 e. The second-order valence-corrected chi connectivity index (χ2v) is 7.54. The fraction of sp³-hybridized carbons (Fsp3) is 0.529. The average Bonchev–Trinajstić information content (AvgIpc) is 2.95. The molecule has 2 fully saturated rings. The molecule has 3 atom stereocenters. The molecule has 2 aliphatic heterocycles. The summed E-state index contributed by atoms with van der Waals surface area (Å²) in [5, 5.41) is 20.2. The zero-order chi connectivity index (χ0) is 18.3. The Hall–Kier alpha value is -1.50. The summed E-state index contributed by atoms with van der Waals surface area (Å²) < 4.78 is 0. The van der Waals surface area contributed by atoms with Crippen molar-refractivity contribution in [1.82, 2.24) is 9.80 Å². The number of phenolic OH excluding ortho intramolecular Hbond substituents is 1. The summed E-state index contributed by atoms with van der Waals surface area (Å²) in [7, 11) is 0. The Balaban J connectivity index is 1.79. The molecule has 2 heterocycles. The van der Waals surface area contributed by atoms with E-state index in [4.69, 9.17) is 23.2 Å². The largest absolute Gasteiger partial charge is 0.508 e. The molecule has 0 aromatic heterocycles. The number of rotatable bonds is 3. The van der Waals surface area contributed by atoms with Crippen LogP contribution in [0.15, 0.2) is 12.1 Å². The molecule has 2 saturated heterocycles. The molecule has 0 unspecified atom stereocenters. The molecular weight excluding hydrogens is 367 g/mol. The fourth-order valence-electron chi connectivity index (χ4n) is 3.69. The number of amides is 2. The van der Waals surface area contributed by atoms with E-state index in [1.54, 1.807) is 11.8 Å². The molecule has 25 heavy (non-hydrogen) atoms. The molecule has 2 aliphatic rings. The lowest BCUT2D eigenvalue weighted by Crippen LogP contribution is -2.55. The van der Waals surface area contributed by atoms with Gasteiger partial charge in [-0.15, -0.1) is 0 Å². The molecule has 2 amide bonds. The number of phenols is 1. The van der Waals surface area contributed by atoms with Gasteiger partial charge in [0.05, 0.1) is 35.2 Å². The maximum absolute atomic E-state index is 12.4. The van der Waals surface area contributed by atoms with Gasteiger partial charge in [-0.05, 0) is 25.5 Å². The van der Waals surface area contributed by atoms with Gasteiger partial charge in [-0.2, -0.15) is 0 Å². The van der Waals surface area contributed by atoms with Crippen molar-refractivity contribution in [1.29, 1.82) is 0 Å². The van der Waals surface area contributed by atoms with Crippen LogP contribution in [-0.4, -0.2) is 63.6 Å². The maximum atomic E-state index is 12.4. The first-order valence-electron chi connectivity index (χ1n) is 8.20. The summed E-state index contributed by atoms with van der Waals surface area (Å²) in [5.41, 5.74) is 0.554. The number of benzene rings is 1. The molecule has 0 bridgehead atoms. The van der Waals surface area contributed by atoms with Crippen molar-refractivity contribution in [2.24, 2.45) is 0 Å². The van der Waals surface area contributed by atoms with Gasteiger partial charge in [-0.3, -0.25) is 9.59 Å². The number of hydrogen-bond donors (Lipinski definition) is 2. The molecule has 0 spiro atoms. The number of carbonyl (C=O) groups is 2. The lowest BCUT2D eigenvalue weighted by Gasteiger charge is -2.37. The Labute approximate surface area is 155 Å². The molecule has 8 heteroatoms. The molecular formula is C17H20Cl2N2O4. The summed E-state index contributed by atoms with van der Waals surface area (Å²) in [4.78, 5) is 27.8. The van der Waals surface area contributed by atoms with Gasteiger partial charge in [0.2, 0.25) is 11.8 Å². The smallest absolute Gasteiger partial charge is 0.242 e. The van der Waals surface area contributed by atoms with Gasteiger partial charge in [0, 0.05) is 24.6 Å². The summed E-state index contributed by atoms with van der Waals surface area (Å²) >= 11 is 12.3. The molecule has 2 N–H and O–H groups in total. The Kier molecular flexibility index (Phi) is 5.14. The van der Waals surface area contributed by atoms with Crippen LogP contribution in [0.1, 0.15) is 31.2 Å². The lowest BCUT2D eigenvalue weighted by atomic mass is 9.95. The van der Waals surface area contributed by atoms with Gasteiger partial charge in [0.1, 0.15) is 5.75 Å². The lowest BCUT2D eigenvalue weighted by molar-refractivity contribution is -0.147. The quantitative estimate of drug-likeness (QED) is 0.832. The van der Waals surface area contributed by atoms with Crippen molar-refractivity contribution in [3.8, 4) is 5.75 Å². The van der Waals surface area contributed by atoms with Crippen molar-refractivity contribution in [2.45, 2.75) is 37.8 Å². The van der Waals surface area contributed by atoms with Gasteiger partial charge in [-0.25, -0.2) is 0 Å². The van der Waals surface area contributed by atoms with Crippen LogP contribution in [0, 0.1) is 0 Å². The Morgan fingerprint density at radius 1 is 1.36 bits per heavy atom. The molecule has 0 aliphatic carbocycles. The van der Waals surface area contributed by atoms with E-state index < -0.39 is 6.10 Å². The van der Waals surface area contributed by atoms with Crippen molar-refractivity contribution < 1.29 is 19.8 Å². The van der Waals surface area contributed by atoms with E-state index in [2.05, 4.69) is 0 Å². The summed E-state index contributed by atoms with van der Waals surface area (Å²) in [6.07, 6.45) is -0.138. The monoisotopic (exact) mass is 386 g/mol. The highest BCUT2D eigenvalue weighted by Gasteiger charge is 2.43. The Morgan fingerprint density at radius 3 is 2.76 bits per heavy atom. The molecule has 1 aromatic rings. The standard InChI is InChI=1S/C17H20Cl2N2O4/c1-9(22)4-14(24)20-7-11-5-10(6-21(11)15(25)8-20)16-13(23)3-2-12(18)17(16)19/h2-3,9-11,22-23H,4-8H2,1H3/t9-,10-,11-/m0/s1. The number of aliphatic hydroxyl groups is 1. The number of hydrogen-bond acceptors (Lipinski definition) is 4. The highest BCUT2D eigenvalue weighted by Crippen LogP contribution is 2.43. The van der Waals surface area contributed by atoms with E-state index >= 15 is 0 Å². The number of halogens is 2. The fourth-order valence-corrected chi connectivity index (χ4v) is 4.17. The molecule has 0 saturated carbocycles. The highest BCUT2D eigenvalue weighted by atomic mass is 35.5. The van der Waals surface area contributed by atoms with Crippen LogP contribution in [0.4, 0.5) is 0 Å². The first-order valence-corrected chi connectivity index (χ1v) is 8.95. The van der Waals surface area contributed by atoms with E-state index in [0.717, 1.165) is 0 Å². The number of fused-ring (bicyclic) bond motifs is 1. The third-order valence-corrected chi connectivity index (χ3v) is 5.65. The zero-order valence-corrected chi connectivity index (χ0v) is 15.3. The van der Waals surface area contributed by atoms with Crippen molar-refractivity contribution in [3.05, 3.63) is 27.7 Å². The SMILES string of the molecule is C[C@H](O)CC(=O)N1CC(=O)N2C[C@@H](c3c(O)ccc(Cl)c3Cl)C[C@H]2C1. The normalized spacial score (nSPS) is 24.4. The first-order chi connectivity index (χ1) is 11.8. The van der Waals surface area contributed by atoms with Gasteiger partial charge in [0.25, 0.3) is 0 Å². The third kappa shape index (κ3) is 3.57. The second kappa shape index (κ2) is 7.02. The zero-order valence-electron chi connectivity index (χ0n) is 13.8. The second-order valence-electron chi connectivity index (χ2n) is 6.75. The van der Waals surface area contributed by atoms with Crippen LogP contribution in [-0.2, 0) is 9.59 Å². The number of aliphatic hydroxyl groups excluding tert-OH is 1. The minimum atomic E-state index is -0.737. The maximum Gasteiger partial charge on any atom is 0.242 e. The van der Waals surface area contributed by atoms with E-state index in [0.29, 0.717) is 35.1 Å². The molecule has 136 valence electrons.